The standard InChI is InChI=1S/C11H21NO2S/c1-3-12(8-9(2)11(13)14)10-4-6-15-7-5-10/h9-10H,3-8H2,1-2H3,(H,13,14). The predicted molar refractivity (Wildman–Crippen MR) is 64.4 cm³/mol. The number of nitrogens with zero attached hydrogens (tertiary/aromatic N) is 1. The summed E-state index contributed by atoms with van der Waals surface area (Å²) >= 11 is 2.01. The minimum Gasteiger partial charge on any atom is -0.481 e. The molecule has 1 rings (SSSR count). The number of carbonyl (C=O) groups is 1. The molecule has 1 saturated heterocycles. The summed E-state index contributed by atoms with van der Waals surface area (Å²) in [6.07, 6.45) is 2.43. The summed E-state index contributed by atoms with van der Waals surface area (Å²) in [6.45, 7) is 5.58. The molecule has 0 amide bonds. The zero-order valence-electron chi connectivity index (χ0n) is 9.61. The molecule has 88 valence electrons. The van der Waals surface area contributed by atoms with E-state index in [1.807, 2.05) is 11.8 Å². The molecule has 1 heterocycles. The summed E-state index contributed by atoms with van der Waals surface area (Å²) < 4.78 is 0. The van der Waals surface area contributed by atoms with E-state index < -0.39 is 5.97 Å². The van der Waals surface area contributed by atoms with Crippen molar-refractivity contribution < 1.29 is 9.90 Å². The zero-order chi connectivity index (χ0) is 11.3. The molecular formula is C11H21NO2S. The summed E-state index contributed by atoms with van der Waals surface area (Å²) in [4.78, 5) is 13.1. The van der Waals surface area contributed by atoms with Gasteiger partial charge in [-0.1, -0.05) is 13.8 Å². The predicted octanol–water partition coefficient (Wildman–Crippen LogP) is 1.92. The van der Waals surface area contributed by atoms with Gasteiger partial charge in [-0.05, 0) is 30.9 Å². The van der Waals surface area contributed by atoms with Gasteiger partial charge in [0, 0.05) is 12.6 Å². The van der Waals surface area contributed by atoms with E-state index >= 15 is 0 Å². The minimum absolute atomic E-state index is 0.250. The molecule has 0 aromatic heterocycles. The first-order valence-electron chi connectivity index (χ1n) is 5.69. The van der Waals surface area contributed by atoms with Crippen molar-refractivity contribution in [1.29, 1.82) is 0 Å². The lowest BCUT2D eigenvalue weighted by atomic mass is 10.1. The number of hydrogen-bond acceptors (Lipinski definition) is 3. The molecule has 1 aliphatic heterocycles. The fraction of sp³-hybridized carbons (Fsp3) is 0.909. The van der Waals surface area contributed by atoms with Gasteiger partial charge in [-0.2, -0.15) is 11.8 Å². The van der Waals surface area contributed by atoms with Gasteiger partial charge >= 0.3 is 5.97 Å². The Bertz CT molecular complexity index is 205. The van der Waals surface area contributed by atoms with Crippen molar-refractivity contribution in [2.75, 3.05) is 24.6 Å². The highest BCUT2D eigenvalue weighted by atomic mass is 32.2. The number of aliphatic carboxylic acids is 1. The van der Waals surface area contributed by atoms with Gasteiger partial charge in [0.05, 0.1) is 5.92 Å². The minimum atomic E-state index is -0.682. The fourth-order valence-corrected chi connectivity index (χ4v) is 3.10. The van der Waals surface area contributed by atoms with Crippen LogP contribution in [0.4, 0.5) is 0 Å². The Labute approximate surface area is 96.2 Å². The molecule has 15 heavy (non-hydrogen) atoms. The van der Waals surface area contributed by atoms with E-state index in [9.17, 15) is 4.79 Å². The molecule has 4 heteroatoms. The third-order valence-electron chi connectivity index (χ3n) is 3.04. The number of thioether (sulfide) groups is 1. The van der Waals surface area contributed by atoms with Crippen molar-refractivity contribution in [2.45, 2.75) is 32.7 Å². The second-order valence-electron chi connectivity index (χ2n) is 4.17. The topological polar surface area (TPSA) is 40.5 Å². The Balaban J connectivity index is 2.43. The van der Waals surface area contributed by atoms with E-state index in [0.29, 0.717) is 12.6 Å². The summed E-state index contributed by atoms with van der Waals surface area (Å²) in [6, 6.07) is 0.609. The van der Waals surface area contributed by atoms with Gasteiger partial charge in [0.1, 0.15) is 0 Å². The van der Waals surface area contributed by atoms with Crippen LogP contribution in [0.3, 0.4) is 0 Å². The highest BCUT2D eigenvalue weighted by Crippen LogP contribution is 2.22. The molecule has 1 unspecified atom stereocenters. The van der Waals surface area contributed by atoms with Crippen molar-refractivity contribution in [3.05, 3.63) is 0 Å². The zero-order valence-corrected chi connectivity index (χ0v) is 10.4. The van der Waals surface area contributed by atoms with Crippen molar-refractivity contribution in [1.82, 2.24) is 4.90 Å². The first-order chi connectivity index (χ1) is 7.15. The van der Waals surface area contributed by atoms with Crippen LogP contribution in [0.15, 0.2) is 0 Å². The van der Waals surface area contributed by atoms with Gasteiger partial charge in [0.15, 0.2) is 0 Å². The van der Waals surface area contributed by atoms with Crippen LogP contribution in [0.25, 0.3) is 0 Å². The lowest BCUT2D eigenvalue weighted by Gasteiger charge is -2.34. The average molecular weight is 231 g/mol. The maximum Gasteiger partial charge on any atom is 0.307 e. The third-order valence-corrected chi connectivity index (χ3v) is 4.09. The molecule has 3 nitrogen and oxygen atoms in total. The van der Waals surface area contributed by atoms with Gasteiger partial charge in [-0.3, -0.25) is 9.69 Å². The highest BCUT2D eigenvalue weighted by molar-refractivity contribution is 7.99. The molecule has 1 fully saturated rings. The van der Waals surface area contributed by atoms with E-state index in [4.69, 9.17) is 5.11 Å². The molecule has 0 aliphatic carbocycles. The quantitative estimate of drug-likeness (QED) is 0.785. The van der Waals surface area contributed by atoms with Gasteiger partial charge in [0.25, 0.3) is 0 Å². The maximum absolute atomic E-state index is 10.8. The summed E-state index contributed by atoms with van der Waals surface area (Å²) in [5.74, 6) is 1.52. The van der Waals surface area contributed by atoms with Crippen LogP contribution in [0.1, 0.15) is 26.7 Å². The molecule has 0 aromatic carbocycles. The Hall–Kier alpha value is -0.220. The normalized spacial score (nSPS) is 20.5. The Kier molecular flexibility index (Phi) is 5.47. The molecule has 1 N–H and O–H groups in total. The molecule has 0 saturated carbocycles. The lowest BCUT2D eigenvalue weighted by Crippen LogP contribution is -2.41. The van der Waals surface area contributed by atoms with Crippen LogP contribution in [-0.4, -0.2) is 46.6 Å². The average Bonchev–Trinajstić information content (AvgIpc) is 2.26. The van der Waals surface area contributed by atoms with Crippen LogP contribution in [0.2, 0.25) is 0 Å². The van der Waals surface area contributed by atoms with E-state index in [1.165, 1.54) is 24.3 Å². The van der Waals surface area contributed by atoms with Crippen molar-refractivity contribution in [3.63, 3.8) is 0 Å². The monoisotopic (exact) mass is 231 g/mol. The van der Waals surface area contributed by atoms with Crippen LogP contribution < -0.4 is 0 Å². The van der Waals surface area contributed by atoms with E-state index in [0.717, 1.165) is 6.54 Å². The first kappa shape index (κ1) is 12.8. The first-order valence-corrected chi connectivity index (χ1v) is 6.85. The Morgan fingerprint density at radius 3 is 2.60 bits per heavy atom. The van der Waals surface area contributed by atoms with Crippen molar-refractivity contribution >= 4 is 17.7 Å². The summed E-state index contributed by atoms with van der Waals surface area (Å²) in [7, 11) is 0. The summed E-state index contributed by atoms with van der Waals surface area (Å²) in [5.41, 5.74) is 0. The molecular weight excluding hydrogens is 210 g/mol. The van der Waals surface area contributed by atoms with Crippen molar-refractivity contribution in [2.24, 2.45) is 5.92 Å². The summed E-state index contributed by atoms with van der Waals surface area (Å²) in [5, 5.41) is 8.89. The Morgan fingerprint density at radius 1 is 1.53 bits per heavy atom. The molecule has 0 spiro atoms. The molecule has 0 aromatic rings. The number of carboxylic acid groups (broad SMARTS) is 1. The second-order valence-corrected chi connectivity index (χ2v) is 5.40. The number of hydrogen-bond donors (Lipinski definition) is 1. The smallest absolute Gasteiger partial charge is 0.307 e. The maximum atomic E-state index is 10.8. The largest absolute Gasteiger partial charge is 0.481 e. The van der Waals surface area contributed by atoms with Crippen molar-refractivity contribution in [3.8, 4) is 0 Å². The lowest BCUT2D eigenvalue weighted by molar-refractivity contribution is -0.141. The molecule has 0 radical (unpaired) electrons. The molecule has 1 atom stereocenters. The van der Waals surface area contributed by atoms with E-state index in [2.05, 4.69) is 11.8 Å². The van der Waals surface area contributed by atoms with Gasteiger partial charge < -0.3 is 5.11 Å². The molecule has 1 aliphatic rings. The fourth-order valence-electron chi connectivity index (χ4n) is 2.02. The van der Waals surface area contributed by atoms with Crippen LogP contribution in [0.5, 0.6) is 0 Å². The van der Waals surface area contributed by atoms with E-state index in [1.54, 1.807) is 6.92 Å². The number of rotatable bonds is 5. The van der Waals surface area contributed by atoms with Crippen LogP contribution in [-0.2, 0) is 4.79 Å². The van der Waals surface area contributed by atoms with Gasteiger partial charge in [-0.15, -0.1) is 0 Å². The van der Waals surface area contributed by atoms with Crippen LogP contribution >= 0.6 is 11.8 Å². The SMILES string of the molecule is CCN(CC(C)C(=O)O)C1CCSCC1. The number of carboxylic acids is 1. The van der Waals surface area contributed by atoms with Gasteiger partial charge in [-0.25, -0.2) is 0 Å². The van der Waals surface area contributed by atoms with Gasteiger partial charge in [0.2, 0.25) is 0 Å². The third kappa shape index (κ3) is 4.03. The Morgan fingerprint density at radius 2 is 2.13 bits per heavy atom. The van der Waals surface area contributed by atoms with Crippen LogP contribution in [0, 0.1) is 5.92 Å². The second kappa shape index (κ2) is 6.38. The molecule has 0 bridgehead atoms. The van der Waals surface area contributed by atoms with E-state index in [-0.39, 0.29) is 5.92 Å². The highest BCUT2D eigenvalue weighted by Gasteiger charge is 2.23.